The summed E-state index contributed by atoms with van der Waals surface area (Å²) >= 11 is 1.34. The van der Waals surface area contributed by atoms with Gasteiger partial charge in [0.15, 0.2) is 5.13 Å². The Morgan fingerprint density at radius 1 is 1.31 bits per heavy atom. The minimum absolute atomic E-state index is 0.0780. The second-order valence-corrected chi connectivity index (χ2v) is 9.15. The lowest BCUT2D eigenvalue weighted by atomic mass is 10.2. The number of amides is 1. The van der Waals surface area contributed by atoms with Crippen molar-refractivity contribution in [1.29, 1.82) is 0 Å². The van der Waals surface area contributed by atoms with Gasteiger partial charge in [0, 0.05) is 23.2 Å². The SMILES string of the molecule is CCS(=O)(=O)N1CC(Oc2cc(C)nc(C(=O)Nc3nc(C)cs3)c2)C1. The Balaban J connectivity index is 1.66. The zero-order chi connectivity index (χ0) is 18.9. The van der Waals surface area contributed by atoms with E-state index in [2.05, 4.69) is 15.3 Å². The van der Waals surface area contributed by atoms with Gasteiger partial charge in [0.2, 0.25) is 10.0 Å². The zero-order valence-electron chi connectivity index (χ0n) is 14.7. The molecule has 0 spiro atoms. The molecule has 2 aromatic rings. The summed E-state index contributed by atoms with van der Waals surface area (Å²) in [7, 11) is -3.18. The first kappa shape index (κ1) is 18.7. The van der Waals surface area contributed by atoms with Crippen molar-refractivity contribution in [2.45, 2.75) is 26.9 Å². The number of hydrogen-bond donors (Lipinski definition) is 1. The first-order valence-corrected chi connectivity index (χ1v) is 10.6. The topological polar surface area (TPSA) is 101 Å². The molecule has 0 saturated carbocycles. The Morgan fingerprint density at radius 3 is 2.65 bits per heavy atom. The van der Waals surface area contributed by atoms with Gasteiger partial charge in [-0.25, -0.2) is 18.4 Å². The molecular weight excluding hydrogens is 376 g/mol. The van der Waals surface area contributed by atoms with Crippen molar-refractivity contribution in [1.82, 2.24) is 14.3 Å². The highest BCUT2D eigenvalue weighted by atomic mass is 32.2. The van der Waals surface area contributed by atoms with Gasteiger partial charge in [0.1, 0.15) is 17.5 Å². The number of pyridine rings is 1. The minimum atomic E-state index is -3.18. The van der Waals surface area contributed by atoms with Crippen molar-refractivity contribution >= 4 is 32.4 Å². The average Bonchev–Trinajstić information content (AvgIpc) is 2.94. The molecule has 10 heteroatoms. The number of sulfonamides is 1. The van der Waals surface area contributed by atoms with E-state index in [4.69, 9.17) is 4.74 Å². The van der Waals surface area contributed by atoms with Crippen LogP contribution in [0, 0.1) is 13.8 Å². The van der Waals surface area contributed by atoms with E-state index < -0.39 is 10.0 Å². The number of hydrogen-bond acceptors (Lipinski definition) is 7. The van der Waals surface area contributed by atoms with Gasteiger partial charge in [0.25, 0.3) is 5.91 Å². The van der Waals surface area contributed by atoms with Crippen molar-refractivity contribution in [3.63, 3.8) is 0 Å². The van der Waals surface area contributed by atoms with Crippen LogP contribution in [0.5, 0.6) is 5.75 Å². The Labute approximate surface area is 156 Å². The summed E-state index contributed by atoms with van der Waals surface area (Å²) in [5.74, 6) is 0.211. The van der Waals surface area contributed by atoms with Crippen LogP contribution < -0.4 is 10.1 Å². The molecule has 1 aliphatic rings. The van der Waals surface area contributed by atoms with E-state index in [1.54, 1.807) is 26.0 Å². The molecule has 1 amide bonds. The average molecular weight is 396 g/mol. The van der Waals surface area contributed by atoms with Crippen LogP contribution in [0.4, 0.5) is 5.13 Å². The predicted molar refractivity (Wildman–Crippen MR) is 99.2 cm³/mol. The second kappa shape index (κ2) is 7.29. The molecule has 0 bridgehead atoms. The third kappa shape index (κ3) is 4.19. The molecule has 0 unspecified atom stereocenters. The van der Waals surface area contributed by atoms with Gasteiger partial charge in [-0.15, -0.1) is 11.3 Å². The Morgan fingerprint density at radius 2 is 2.04 bits per heavy atom. The highest BCUT2D eigenvalue weighted by molar-refractivity contribution is 7.89. The normalized spacial score (nSPS) is 15.5. The lowest BCUT2D eigenvalue weighted by molar-refractivity contribution is 0.0759. The molecule has 3 heterocycles. The van der Waals surface area contributed by atoms with Crippen LogP contribution in [-0.4, -0.2) is 53.5 Å². The molecule has 8 nitrogen and oxygen atoms in total. The molecule has 1 fully saturated rings. The molecule has 0 aromatic carbocycles. The summed E-state index contributed by atoms with van der Waals surface area (Å²) in [5, 5.41) is 5.07. The first-order valence-electron chi connectivity index (χ1n) is 8.13. The number of rotatable bonds is 6. The van der Waals surface area contributed by atoms with E-state index in [1.807, 2.05) is 12.3 Å². The van der Waals surface area contributed by atoms with Crippen LogP contribution in [0.15, 0.2) is 17.5 Å². The monoisotopic (exact) mass is 396 g/mol. The van der Waals surface area contributed by atoms with Crippen LogP contribution >= 0.6 is 11.3 Å². The number of aryl methyl sites for hydroxylation is 2. The summed E-state index contributed by atoms with van der Waals surface area (Å²) in [4.78, 5) is 20.8. The molecule has 0 atom stereocenters. The molecular formula is C16H20N4O4S2. The fraction of sp³-hybridized carbons (Fsp3) is 0.438. The minimum Gasteiger partial charge on any atom is -0.488 e. The van der Waals surface area contributed by atoms with Crippen molar-refractivity contribution in [2.75, 3.05) is 24.2 Å². The van der Waals surface area contributed by atoms with E-state index in [-0.39, 0.29) is 23.5 Å². The molecule has 1 saturated heterocycles. The lowest BCUT2D eigenvalue weighted by Gasteiger charge is -2.37. The summed E-state index contributed by atoms with van der Waals surface area (Å²) in [5.41, 5.74) is 1.70. The fourth-order valence-electron chi connectivity index (χ4n) is 2.47. The molecule has 26 heavy (non-hydrogen) atoms. The Bertz CT molecular complexity index is 920. The maximum Gasteiger partial charge on any atom is 0.276 e. The maximum absolute atomic E-state index is 12.4. The highest BCUT2D eigenvalue weighted by Gasteiger charge is 2.36. The van der Waals surface area contributed by atoms with Gasteiger partial charge >= 0.3 is 0 Å². The molecule has 1 aliphatic heterocycles. The van der Waals surface area contributed by atoms with Crippen LogP contribution in [0.1, 0.15) is 28.8 Å². The van der Waals surface area contributed by atoms with Gasteiger partial charge in [-0.3, -0.25) is 10.1 Å². The van der Waals surface area contributed by atoms with Gasteiger partial charge in [-0.1, -0.05) is 0 Å². The van der Waals surface area contributed by atoms with E-state index in [0.29, 0.717) is 29.7 Å². The number of carbonyl (C=O) groups excluding carboxylic acids is 1. The second-order valence-electron chi connectivity index (χ2n) is 6.04. The van der Waals surface area contributed by atoms with E-state index in [9.17, 15) is 13.2 Å². The van der Waals surface area contributed by atoms with Crippen molar-refractivity contribution in [2.24, 2.45) is 0 Å². The predicted octanol–water partition coefficient (Wildman–Crippen LogP) is 1.82. The van der Waals surface area contributed by atoms with Crippen molar-refractivity contribution in [3.05, 3.63) is 34.6 Å². The fourth-order valence-corrected chi connectivity index (χ4v) is 4.31. The number of carbonyl (C=O) groups is 1. The summed E-state index contributed by atoms with van der Waals surface area (Å²) < 4.78 is 30.7. The third-order valence-corrected chi connectivity index (χ3v) is 6.56. The molecule has 0 radical (unpaired) electrons. The number of nitrogens with one attached hydrogen (secondary N) is 1. The smallest absolute Gasteiger partial charge is 0.276 e. The van der Waals surface area contributed by atoms with Gasteiger partial charge in [-0.2, -0.15) is 4.31 Å². The van der Waals surface area contributed by atoms with Crippen molar-refractivity contribution in [3.8, 4) is 5.75 Å². The summed E-state index contributed by atoms with van der Waals surface area (Å²) in [6.07, 6.45) is -0.226. The Hall–Kier alpha value is -2.04. The number of thiazole rings is 1. The molecule has 1 N–H and O–H groups in total. The lowest BCUT2D eigenvalue weighted by Crippen LogP contribution is -2.56. The number of nitrogens with zero attached hydrogens (tertiary/aromatic N) is 3. The molecule has 2 aromatic heterocycles. The van der Waals surface area contributed by atoms with Crippen LogP contribution in [0.25, 0.3) is 0 Å². The molecule has 3 rings (SSSR count). The first-order chi connectivity index (χ1) is 12.3. The summed E-state index contributed by atoms with van der Waals surface area (Å²) in [6, 6.07) is 3.28. The summed E-state index contributed by atoms with van der Waals surface area (Å²) in [6.45, 7) is 5.87. The van der Waals surface area contributed by atoms with E-state index in [1.165, 1.54) is 15.6 Å². The number of aromatic nitrogens is 2. The molecule has 140 valence electrons. The van der Waals surface area contributed by atoms with Crippen LogP contribution in [0.3, 0.4) is 0 Å². The van der Waals surface area contributed by atoms with Crippen molar-refractivity contribution < 1.29 is 17.9 Å². The Kier molecular flexibility index (Phi) is 5.26. The largest absolute Gasteiger partial charge is 0.488 e. The molecule has 0 aliphatic carbocycles. The number of anilines is 1. The van der Waals surface area contributed by atoms with Gasteiger partial charge in [0.05, 0.1) is 24.5 Å². The quantitative estimate of drug-likeness (QED) is 0.799. The van der Waals surface area contributed by atoms with Crippen LogP contribution in [0.2, 0.25) is 0 Å². The van der Waals surface area contributed by atoms with E-state index >= 15 is 0 Å². The van der Waals surface area contributed by atoms with Gasteiger partial charge in [-0.05, 0) is 20.8 Å². The van der Waals surface area contributed by atoms with Crippen LogP contribution in [-0.2, 0) is 10.0 Å². The zero-order valence-corrected chi connectivity index (χ0v) is 16.4. The van der Waals surface area contributed by atoms with E-state index in [0.717, 1.165) is 5.69 Å². The van der Waals surface area contributed by atoms with Gasteiger partial charge < -0.3 is 4.74 Å². The standard InChI is InChI=1S/C16H20N4O4S2/c1-4-26(22,23)20-7-13(8-20)24-12-5-10(2)17-14(6-12)15(21)19-16-18-11(3)9-25-16/h5-6,9,13H,4,7-8H2,1-3H3,(H,18,19,21). The highest BCUT2D eigenvalue weighted by Crippen LogP contribution is 2.23. The maximum atomic E-state index is 12.4. The number of ether oxygens (including phenoxy) is 1. The third-order valence-electron chi connectivity index (χ3n) is 3.87.